The SMILES string of the molecule is COc1ccc([C@@H](O)C(F)(F)F)c2ccccc12. The van der Waals surface area contributed by atoms with Crippen LogP contribution in [-0.2, 0) is 0 Å². The molecule has 1 N–H and O–H groups in total. The number of benzene rings is 2. The van der Waals surface area contributed by atoms with E-state index >= 15 is 0 Å². The summed E-state index contributed by atoms with van der Waals surface area (Å²) in [5, 5.41) is 10.2. The van der Waals surface area contributed by atoms with Crippen LogP contribution in [0.2, 0.25) is 0 Å². The van der Waals surface area contributed by atoms with Gasteiger partial charge in [-0.2, -0.15) is 13.2 Å². The second kappa shape index (κ2) is 4.49. The second-order valence-corrected chi connectivity index (χ2v) is 3.85. The van der Waals surface area contributed by atoms with Crippen molar-refractivity contribution in [1.29, 1.82) is 0 Å². The van der Waals surface area contributed by atoms with Gasteiger partial charge in [-0.3, -0.25) is 0 Å². The molecule has 2 nitrogen and oxygen atoms in total. The molecule has 0 spiro atoms. The molecule has 0 radical (unpaired) electrons. The molecule has 0 aliphatic rings. The summed E-state index contributed by atoms with van der Waals surface area (Å²) in [5.41, 5.74) is -0.168. The maximum Gasteiger partial charge on any atom is 0.418 e. The van der Waals surface area contributed by atoms with Gasteiger partial charge < -0.3 is 9.84 Å². The quantitative estimate of drug-likeness (QED) is 0.891. The molecule has 0 fully saturated rings. The van der Waals surface area contributed by atoms with Gasteiger partial charge >= 0.3 is 6.18 Å². The molecule has 2 aromatic rings. The van der Waals surface area contributed by atoms with Crippen LogP contribution in [0.25, 0.3) is 10.8 Å². The Hall–Kier alpha value is -1.75. The second-order valence-electron chi connectivity index (χ2n) is 3.85. The molecule has 0 bridgehead atoms. The summed E-state index contributed by atoms with van der Waals surface area (Å²) < 4.78 is 42.8. The maximum atomic E-state index is 12.6. The van der Waals surface area contributed by atoms with Crippen molar-refractivity contribution in [2.75, 3.05) is 7.11 Å². The normalized spacial score (nSPS) is 13.6. The smallest absolute Gasteiger partial charge is 0.418 e. The first kappa shape index (κ1) is 12.7. The Morgan fingerprint density at radius 2 is 1.67 bits per heavy atom. The fourth-order valence-corrected chi connectivity index (χ4v) is 1.89. The predicted molar refractivity (Wildman–Crippen MR) is 61.5 cm³/mol. The summed E-state index contributed by atoms with van der Waals surface area (Å²) in [4.78, 5) is 0. The van der Waals surface area contributed by atoms with Gasteiger partial charge in [-0.1, -0.05) is 30.3 Å². The number of alkyl halides is 3. The van der Waals surface area contributed by atoms with E-state index in [0.29, 0.717) is 16.5 Å². The zero-order chi connectivity index (χ0) is 13.3. The van der Waals surface area contributed by atoms with Crippen LogP contribution in [0.3, 0.4) is 0 Å². The average Bonchev–Trinajstić information content (AvgIpc) is 2.35. The van der Waals surface area contributed by atoms with Crippen molar-refractivity contribution in [3.05, 3.63) is 42.0 Å². The van der Waals surface area contributed by atoms with Gasteiger partial charge in [0.1, 0.15) is 5.75 Å². The topological polar surface area (TPSA) is 29.5 Å². The van der Waals surface area contributed by atoms with Crippen molar-refractivity contribution in [3.63, 3.8) is 0 Å². The van der Waals surface area contributed by atoms with Gasteiger partial charge in [0, 0.05) is 5.39 Å². The van der Waals surface area contributed by atoms with Crippen LogP contribution in [0.4, 0.5) is 13.2 Å². The zero-order valence-corrected chi connectivity index (χ0v) is 9.53. The molecule has 0 aromatic heterocycles. The highest BCUT2D eigenvalue weighted by molar-refractivity contribution is 5.91. The summed E-state index contributed by atoms with van der Waals surface area (Å²) in [5.74, 6) is 0.476. The molecule has 18 heavy (non-hydrogen) atoms. The van der Waals surface area contributed by atoms with Crippen LogP contribution in [0.5, 0.6) is 5.75 Å². The van der Waals surface area contributed by atoms with E-state index in [9.17, 15) is 18.3 Å². The van der Waals surface area contributed by atoms with Gasteiger partial charge in [0.15, 0.2) is 6.10 Å². The van der Waals surface area contributed by atoms with Crippen LogP contribution in [-0.4, -0.2) is 18.4 Å². The van der Waals surface area contributed by atoms with E-state index in [-0.39, 0.29) is 5.56 Å². The van der Waals surface area contributed by atoms with Crippen molar-refractivity contribution in [2.45, 2.75) is 12.3 Å². The minimum absolute atomic E-state index is 0.168. The lowest BCUT2D eigenvalue weighted by Gasteiger charge is -2.17. The Morgan fingerprint density at radius 1 is 1.06 bits per heavy atom. The van der Waals surface area contributed by atoms with E-state index in [4.69, 9.17) is 4.74 Å². The minimum Gasteiger partial charge on any atom is -0.496 e. The van der Waals surface area contributed by atoms with E-state index < -0.39 is 12.3 Å². The first-order valence-electron chi connectivity index (χ1n) is 5.25. The summed E-state index contributed by atoms with van der Waals surface area (Å²) in [6.07, 6.45) is -7.18. The highest BCUT2D eigenvalue weighted by atomic mass is 19.4. The number of ether oxygens (including phenoxy) is 1. The summed E-state index contributed by atoms with van der Waals surface area (Å²) in [7, 11) is 1.45. The molecule has 0 saturated carbocycles. The molecule has 5 heteroatoms. The van der Waals surface area contributed by atoms with Crippen LogP contribution >= 0.6 is 0 Å². The Labute approximate surface area is 102 Å². The number of hydrogen-bond donors (Lipinski definition) is 1. The fraction of sp³-hybridized carbons (Fsp3) is 0.231. The van der Waals surface area contributed by atoms with E-state index in [1.54, 1.807) is 18.2 Å². The third-order valence-electron chi connectivity index (χ3n) is 2.74. The van der Waals surface area contributed by atoms with Crippen LogP contribution in [0.1, 0.15) is 11.7 Å². The summed E-state index contributed by atoms with van der Waals surface area (Å²) >= 11 is 0. The molecular formula is C13H11F3O2. The van der Waals surface area contributed by atoms with Crippen molar-refractivity contribution in [3.8, 4) is 5.75 Å². The van der Waals surface area contributed by atoms with Gasteiger partial charge in [-0.05, 0) is 17.0 Å². The Morgan fingerprint density at radius 3 is 2.22 bits per heavy atom. The van der Waals surface area contributed by atoms with Gasteiger partial charge in [0.05, 0.1) is 7.11 Å². The Bertz CT molecular complexity index is 564. The average molecular weight is 256 g/mol. The molecule has 0 unspecified atom stereocenters. The number of halogens is 3. The largest absolute Gasteiger partial charge is 0.496 e. The monoisotopic (exact) mass is 256 g/mol. The molecule has 2 aromatic carbocycles. The number of aliphatic hydroxyl groups is 1. The highest BCUT2D eigenvalue weighted by Gasteiger charge is 2.40. The minimum atomic E-state index is -4.68. The lowest BCUT2D eigenvalue weighted by molar-refractivity contribution is -0.206. The Kier molecular flexibility index (Phi) is 3.17. The van der Waals surface area contributed by atoms with Crippen molar-refractivity contribution >= 4 is 10.8 Å². The van der Waals surface area contributed by atoms with Crippen molar-refractivity contribution in [1.82, 2.24) is 0 Å². The van der Waals surface area contributed by atoms with Gasteiger partial charge in [0.25, 0.3) is 0 Å². The molecule has 2 rings (SSSR count). The molecular weight excluding hydrogens is 245 g/mol. The Balaban J connectivity index is 2.67. The van der Waals surface area contributed by atoms with Gasteiger partial charge in [0.2, 0.25) is 0 Å². The molecule has 0 saturated heterocycles. The summed E-state index contributed by atoms with van der Waals surface area (Å²) in [6, 6.07) is 9.16. The van der Waals surface area contributed by atoms with E-state index in [0.717, 1.165) is 0 Å². The predicted octanol–water partition coefficient (Wildman–Crippen LogP) is 3.44. The van der Waals surface area contributed by atoms with Crippen molar-refractivity contribution < 1.29 is 23.0 Å². The fourth-order valence-electron chi connectivity index (χ4n) is 1.89. The van der Waals surface area contributed by atoms with E-state index in [1.165, 1.54) is 25.3 Å². The van der Waals surface area contributed by atoms with E-state index in [2.05, 4.69) is 0 Å². The van der Waals surface area contributed by atoms with Gasteiger partial charge in [-0.15, -0.1) is 0 Å². The highest BCUT2D eigenvalue weighted by Crippen LogP contribution is 2.38. The zero-order valence-electron chi connectivity index (χ0n) is 9.53. The first-order chi connectivity index (χ1) is 8.45. The van der Waals surface area contributed by atoms with Gasteiger partial charge in [-0.25, -0.2) is 0 Å². The molecule has 0 amide bonds. The molecule has 0 aliphatic heterocycles. The lowest BCUT2D eigenvalue weighted by atomic mass is 9.99. The lowest BCUT2D eigenvalue weighted by Crippen LogP contribution is -2.20. The van der Waals surface area contributed by atoms with Crippen LogP contribution < -0.4 is 4.74 Å². The third-order valence-corrected chi connectivity index (χ3v) is 2.74. The summed E-state index contributed by atoms with van der Waals surface area (Å²) in [6.45, 7) is 0. The maximum absolute atomic E-state index is 12.6. The molecule has 96 valence electrons. The van der Waals surface area contributed by atoms with Crippen LogP contribution in [0.15, 0.2) is 36.4 Å². The number of fused-ring (bicyclic) bond motifs is 1. The number of aliphatic hydroxyl groups excluding tert-OH is 1. The molecule has 0 aliphatic carbocycles. The van der Waals surface area contributed by atoms with Crippen molar-refractivity contribution in [2.24, 2.45) is 0 Å². The third kappa shape index (κ3) is 2.13. The molecule has 1 atom stereocenters. The van der Waals surface area contributed by atoms with E-state index in [1.807, 2.05) is 0 Å². The molecule has 0 heterocycles. The number of hydrogen-bond acceptors (Lipinski definition) is 2. The van der Waals surface area contributed by atoms with Crippen LogP contribution in [0, 0.1) is 0 Å². The number of rotatable bonds is 2. The standard InChI is InChI=1S/C13H11F3O2/c1-18-11-7-6-10(12(17)13(14,15)16)8-4-2-3-5-9(8)11/h2-7,12,17H,1H3/t12-/m1/s1. The number of methoxy groups -OCH3 is 1. The first-order valence-corrected chi connectivity index (χ1v) is 5.25.